The van der Waals surface area contributed by atoms with Crippen molar-refractivity contribution >= 4 is 5.91 Å². The van der Waals surface area contributed by atoms with E-state index < -0.39 is 0 Å². The van der Waals surface area contributed by atoms with Crippen molar-refractivity contribution < 1.29 is 14.3 Å². The predicted molar refractivity (Wildman–Crippen MR) is 46.9 cm³/mol. The van der Waals surface area contributed by atoms with Crippen LogP contribution in [0.1, 0.15) is 18.6 Å². The van der Waals surface area contributed by atoms with Crippen molar-refractivity contribution in [3.05, 3.63) is 24.2 Å². The highest BCUT2D eigenvalue weighted by Crippen LogP contribution is 1.98. The van der Waals surface area contributed by atoms with Gasteiger partial charge in [0.15, 0.2) is 0 Å². The van der Waals surface area contributed by atoms with Gasteiger partial charge in [-0.3, -0.25) is 4.79 Å². The highest BCUT2D eigenvalue weighted by molar-refractivity contribution is 5.75. The molecule has 0 saturated carbocycles. The van der Waals surface area contributed by atoms with E-state index in [1.807, 2.05) is 0 Å². The van der Waals surface area contributed by atoms with Crippen molar-refractivity contribution in [2.45, 2.75) is 19.4 Å². The highest BCUT2D eigenvalue weighted by Gasteiger charge is 2.01. The first-order valence-electron chi connectivity index (χ1n) is 4.23. The molecule has 1 amide bonds. The zero-order valence-electron chi connectivity index (χ0n) is 7.32. The van der Waals surface area contributed by atoms with Gasteiger partial charge in [0.1, 0.15) is 5.76 Å². The van der Waals surface area contributed by atoms with Crippen molar-refractivity contribution in [3.63, 3.8) is 0 Å². The van der Waals surface area contributed by atoms with E-state index in [1.165, 1.54) is 0 Å². The predicted octanol–water partition coefficient (Wildman–Crippen LogP) is 0.668. The van der Waals surface area contributed by atoms with E-state index in [9.17, 15) is 4.79 Å². The molecule has 4 nitrogen and oxygen atoms in total. The average Bonchev–Trinajstić information content (AvgIpc) is 2.64. The maximum Gasteiger partial charge on any atom is 0.220 e. The van der Waals surface area contributed by atoms with Crippen LogP contribution in [0.4, 0.5) is 0 Å². The summed E-state index contributed by atoms with van der Waals surface area (Å²) in [5.74, 6) is 0.669. The number of furan rings is 1. The molecule has 0 aliphatic carbocycles. The molecule has 13 heavy (non-hydrogen) atoms. The SMILES string of the molecule is O=C(CCCO)NCc1ccco1. The van der Waals surface area contributed by atoms with Crippen LogP contribution in [-0.2, 0) is 11.3 Å². The van der Waals surface area contributed by atoms with Crippen LogP contribution < -0.4 is 5.32 Å². The van der Waals surface area contributed by atoms with E-state index in [0.717, 1.165) is 5.76 Å². The van der Waals surface area contributed by atoms with Gasteiger partial charge in [0.2, 0.25) is 5.91 Å². The molecular weight excluding hydrogens is 170 g/mol. The Morgan fingerprint density at radius 1 is 1.62 bits per heavy atom. The molecule has 0 radical (unpaired) electrons. The Bertz CT molecular complexity index is 243. The molecule has 2 N–H and O–H groups in total. The van der Waals surface area contributed by atoms with Crippen molar-refractivity contribution in [2.75, 3.05) is 6.61 Å². The van der Waals surface area contributed by atoms with Crippen LogP contribution in [0.2, 0.25) is 0 Å². The van der Waals surface area contributed by atoms with Crippen LogP contribution in [0.5, 0.6) is 0 Å². The minimum atomic E-state index is -0.0644. The molecule has 0 aliphatic rings. The van der Waals surface area contributed by atoms with E-state index in [1.54, 1.807) is 18.4 Å². The van der Waals surface area contributed by atoms with Gasteiger partial charge >= 0.3 is 0 Å². The van der Waals surface area contributed by atoms with Gasteiger partial charge in [0.25, 0.3) is 0 Å². The summed E-state index contributed by atoms with van der Waals surface area (Å²) in [6.07, 6.45) is 2.43. The van der Waals surface area contributed by atoms with Crippen molar-refractivity contribution in [1.82, 2.24) is 5.32 Å². The van der Waals surface area contributed by atoms with Crippen molar-refractivity contribution in [2.24, 2.45) is 0 Å². The summed E-state index contributed by atoms with van der Waals surface area (Å²) in [7, 11) is 0. The Hall–Kier alpha value is -1.29. The summed E-state index contributed by atoms with van der Waals surface area (Å²) in [6, 6.07) is 3.57. The summed E-state index contributed by atoms with van der Waals surface area (Å²) in [6.45, 7) is 0.464. The summed E-state index contributed by atoms with van der Waals surface area (Å²) in [4.78, 5) is 11.0. The third kappa shape index (κ3) is 3.75. The first-order valence-corrected chi connectivity index (χ1v) is 4.23. The van der Waals surface area contributed by atoms with E-state index in [2.05, 4.69) is 5.32 Å². The minimum absolute atomic E-state index is 0.0498. The number of nitrogens with one attached hydrogen (secondary N) is 1. The molecule has 1 rings (SSSR count). The minimum Gasteiger partial charge on any atom is -0.467 e. The molecule has 0 atom stereocenters. The smallest absolute Gasteiger partial charge is 0.220 e. The molecule has 0 aliphatic heterocycles. The lowest BCUT2D eigenvalue weighted by Gasteiger charge is -2.01. The third-order valence-electron chi connectivity index (χ3n) is 1.60. The normalized spacial score (nSPS) is 9.92. The fraction of sp³-hybridized carbons (Fsp3) is 0.444. The number of aliphatic hydroxyl groups excluding tert-OH is 1. The monoisotopic (exact) mass is 183 g/mol. The van der Waals surface area contributed by atoms with Crippen molar-refractivity contribution in [3.8, 4) is 0 Å². The lowest BCUT2D eigenvalue weighted by Crippen LogP contribution is -2.22. The number of hydrogen-bond acceptors (Lipinski definition) is 3. The maximum absolute atomic E-state index is 11.0. The zero-order chi connectivity index (χ0) is 9.52. The molecule has 1 aromatic rings. The molecule has 4 heteroatoms. The molecule has 0 unspecified atom stereocenters. The van der Waals surface area contributed by atoms with Gasteiger partial charge in [-0.1, -0.05) is 0 Å². The summed E-state index contributed by atoms with van der Waals surface area (Å²) >= 11 is 0. The van der Waals surface area contributed by atoms with Crippen LogP contribution in [0, 0.1) is 0 Å². The van der Waals surface area contributed by atoms with Gasteiger partial charge in [-0.15, -0.1) is 0 Å². The third-order valence-corrected chi connectivity index (χ3v) is 1.60. The highest BCUT2D eigenvalue weighted by atomic mass is 16.3. The number of carbonyl (C=O) groups excluding carboxylic acids is 1. The number of hydrogen-bond donors (Lipinski definition) is 2. The van der Waals surface area contributed by atoms with Crippen LogP contribution in [-0.4, -0.2) is 17.6 Å². The molecule has 0 spiro atoms. The van der Waals surface area contributed by atoms with Gasteiger partial charge in [-0.2, -0.15) is 0 Å². The van der Waals surface area contributed by atoms with Crippen LogP contribution in [0.25, 0.3) is 0 Å². The van der Waals surface area contributed by atoms with E-state index in [-0.39, 0.29) is 12.5 Å². The fourth-order valence-corrected chi connectivity index (χ4v) is 0.927. The van der Waals surface area contributed by atoms with Gasteiger partial charge in [0.05, 0.1) is 12.8 Å². The fourth-order valence-electron chi connectivity index (χ4n) is 0.927. The zero-order valence-corrected chi connectivity index (χ0v) is 7.32. The van der Waals surface area contributed by atoms with Gasteiger partial charge < -0.3 is 14.8 Å². The van der Waals surface area contributed by atoms with E-state index in [4.69, 9.17) is 9.52 Å². The number of amides is 1. The molecule has 0 aromatic carbocycles. The second-order valence-corrected chi connectivity index (χ2v) is 2.68. The summed E-state index contributed by atoms with van der Waals surface area (Å²) in [5, 5.41) is 11.1. The number of aliphatic hydroxyl groups is 1. The second-order valence-electron chi connectivity index (χ2n) is 2.68. The van der Waals surface area contributed by atoms with Crippen LogP contribution in [0.15, 0.2) is 22.8 Å². The molecule has 0 saturated heterocycles. The molecule has 1 heterocycles. The van der Waals surface area contributed by atoms with Gasteiger partial charge in [0, 0.05) is 13.0 Å². The number of carbonyl (C=O) groups is 1. The van der Waals surface area contributed by atoms with E-state index >= 15 is 0 Å². The average molecular weight is 183 g/mol. The first kappa shape index (κ1) is 9.80. The van der Waals surface area contributed by atoms with Gasteiger partial charge in [-0.05, 0) is 18.6 Å². The Balaban J connectivity index is 2.15. The largest absolute Gasteiger partial charge is 0.467 e. The Labute approximate surface area is 76.6 Å². The quantitative estimate of drug-likeness (QED) is 0.705. The van der Waals surface area contributed by atoms with Crippen molar-refractivity contribution in [1.29, 1.82) is 0 Å². The molecule has 1 aromatic heterocycles. The lowest BCUT2D eigenvalue weighted by atomic mass is 10.3. The Kier molecular flexibility index (Phi) is 4.05. The lowest BCUT2D eigenvalue weighted by molar-refractivity contribution is -0.121. The molecular formula is C9H13NO3. The Morgan fingerprint density at radius 3 is 3.08 bits per heavy atom. The van der Waals surface area contributed by atoms with Crippen LogP contribution in [0.3, 0.4) is 0 Å². The van der Waals surface area contributed by atoms with Gasteiger partial charge in [-0.25, -0.2) is 0 Å². The molecule has 0 fully saturated rings. The Morgan fingerprint density at radius 2 is 2.46 bits per heavy atom. The second kappa shape index (κ2) is 5.37. The maximum atomic E-state index is 11.0. The summed E-state index contributed by atoms with van der Waals surface area (Å²) < 4.78 is 5.02. The number of rotatable bonds is 5. The summed E-state index contributed by atoms with van der Waals surface area (Å²) in [5.41, 5.74) is 0. The molecule has 0 bridgehead atoms. The topological polar surface area (TPSA) is 62.5 Å². The first-order chi connectivity index (χ1) is 6.33. The van der Waals surface area contributed by atoms with E-state index in [0.29, 0.717) is 19.4 Å². The van der Waals surface area contributed by atoms with Crippen LogP contribution >= 0.6 is 0 Å². The standard InChI is InChI=1S/C9H13NO3/c11-5-1-4-9(12)10-7-8-3-2-6-13-8/h2-3,6,11H,1,4-5,7H2,(H,10,12). The molecule has 72 valence electrons.